The highest BCUT2D eigenvalue weighted by atomic mass is 19.4. The highest BCUT2D eigenvalue weighted by Crippen LogP contribution is 2.21. The summed E-state index contributed by atoms with van der Waals surface area (Å²) in [6.45, 7) is 7.87. The van der Waals surface area contributed by atoms with E-state index < -0.39 is 24.0 Å². The van der Waals surface area contributed by atoms with Gasteiger partial charge in [-0.1, -0.05) is 36.4 Å². The predicted octanol–water partition coefficient (Wildman–Crippen LogP) is 3.36. The molecule has 2 aromatic rings. The van der Waals surface area contributed by atoms with Crippen LogP contribution < -0.4 is 10.2 Å². The average molecular weight is 637 g/mol. The molecule has 0 aliphatic carbocycles. The van der Waals surface area contributed by atoms with Crippen LogP contribution in [0.5, 0.6) is 0 Å². The van der Waals surface area contributed by atoms with Gasteiger partial charge in [0.15, 0.2) is 0 Å². The topological polar surface area (TPSA) is 99.7 Å². The zero-order valence-electron chi connectivity index (χ0n) is 26.7. The van der Waals surface area contributed by atoms with E-state index in [4.69, 9.17) is 9.90 Å². The summed E-state index contributed by atoms with van der Waals surface area (Å²) in [5.74, 6) is -3.78. The minimum absolute atomic E-state index is 0.458. The molecule has 45 heavy (non-hydrogen) atoms. The lowest BCUT2D eigenvalue weighted by atomic mass is 10.1. The molecule has 2 N–H and O–H groups in total. The number of benzene rings is 2. The molecule has 250 valence electrons. The van der Waals surface area contributed by atoms with Crippen LogP contribution in [0.4, 0.5) is 24.5 Å². The largest absolute Gasteiger partial charge is 0.490 e. The van der Waals surface area contributed by atoms with Crippen LogP contribution in [0.2, 0.25) is 0 Å². The molecular weight excluding hydrogens is 589 g/mol. The highest BCUT2D eigenvalue weighted by molar-refractivity contribution is 6.39. The fourth-order valence-electron chi connectivity index (χ4n) is 4.74. The Morgan fingerprint density at radius 1 is 0.822 bits per heavy atom. The SMILES string of the molecule is CN(C)CCCN(CCCN(C)C)C(=O)C(=O)Nc1cccc(N2CCN(CCc3ccccc3)CC2)c1.O=C(O)C(F)(F)F. The van der Waals surface area contributed by atoms with Crippen LogP contribution in [-0.2, 0) is 20.8 Å². The van der Waals surface area contributed by atoms with Crippen molar-refractivity contribution in [3.8, 4) is 0 Å². The summed E-state index contributed by atoms with van der Waals surface area (Å²) in [4.78, 5) is 45.6. The molecular formula is C32H47F3N6O4. The number of halogens is 3. The smallest absolute Gasteiger partial charge is 0.475 e. The molecule has 10 nitrogen and oxygen atoms in total. The van der Waals surface area contributed by atoms with Gasteiger partial charge in [-0.3, -0.25) is 14.5 Å². The van der Waals surface area contributed by atoms with Gasteiger partial charge < -0.3 is 30.0 Å². The average Bonchev–Trinajstić information content (AvgIpc) is 2.99. The minimum atomic E-state index is -5.08. The van der Waals surface area contributed by atoms with E-state index in [-0.39, 0.29) is 0 Å². The number of hydrogen-bond acceptors (Lipinski definition) is 7. The van der Waals surface area contributed by atoms with E-state index in [2.05, 4.69) is 61.3 Å². The van der Waals surface area contributed by atoms with E-state index in [9.17, 15) is 22.8 Å². The molecule has 1 aliphatic heterocycles. The summed E-state index contributed by atoms with van der Waals surface area (Å²) < 4.78 is 31.7. The Labute approximate surface area is 264 Å². The second-order valence-corrected chi connectivity index (χ2v) is 11.5. The first-order chi connectivity index (χ1) is 21.3. The van der Waals surface area contributed by atoms with Crippen LogP contribution in [-0.4, -0.2) is 136 Å². The summed E-state index contributed by atoms with van der Waals surface area (Å²) in [7, 11) is 8.07. The molecule has 0 atom stereocenters. The molecule has 3 rings (SSSR count). The number of aliphatic carboxylic acids is 1. The molecule has 1 heterocycles. The van der Waals surface area contributed by atoms with Gasteiger partial charge in [0.25, 0.3) is 0 Å². The maximum Gasteiger partial charge on any atom is 0.490 e. The Bertz CT molecular complexity index is 1170. The van der Waals surface area contributed by atoms with Crippen molar-refractivity contribution in [2.45, 2.75) is 25.4 Å². The number of amides is 2. The quantitative estimate of drug-likeness (QED) is 0.323. The zero-order chi connectivity index (χ0) is 33.4. The second kappa shape index (κ2) is 19.0. The van der Waals surface area contributed by atoms with Gasteiger partial charge in [0.2, 0.25) is 0 Å². The molecule has 0 spiro atoms. The van der Waals surface area contributed by atoms with E-state index in [1.54, 1.807) is 4.90 Å². The molecule has 1 aliphatic rings. The van der Waals surface area contributed by atoms with Crippen molar-refractivity contribution in [1.29, 1.82) is 0 Å². The van der Waals surface area contributed by atoms with Crippen molar-refractivity contribution < 1.29 is 32.7 Å². The molecule has 0 unspecified atom stereocenters. The van der Waals surface area contributed by atoms with Crippen molar-refractivity contribution in [3.05, 3.63) is 60.2 Å². The molecule has 0 bridgehead atoms. The predicted molar refractivity (Wildman–Crippen MR) is 170 cm³/mol. The Morgan fingerprint density at radius 2 is 1.38 bits per heavy atom. The number of hydrogen-bond donors (Lipinski definition) is 2. The molecule has 0 saturated carbocycles. The summed E-state index contributed by atoms with van der Waals surface area (Å²) in [6, 6.07) is 18.5. The van der Waals surface area contributed by atoms with Gasteiger partial charge in [-0.15, -0.1) is 0 Å². The highest BCUT2D eigenvalue weighted by Gasteiger charge is 2.38. The first-order valence-corrected chi connectivity index (χ1v) is 15.1. The number of carboxylic acid groups (broad SMARTS) is 1. The Hall–Kier alpha value is -3.68. The second-order valence-electron chi connectivity index (χ2n) is 11.5. The van der Waals surface area contributed by atoms with E-state index in [0.29, 0.717) is 18.8 Å². The van der Waals surface area contributed by atoms with Crippen molar-refractivity contribution in [1.82, 2.24) is 19.6 Å². The van der Waals surface area contributed by atoms with Gasteiger partial charge in [-0.25, -0.2) is 4.79 Å². The number of carboxylic acids is 1. The fraction of sp³-hybridized carbons (Fsp3) is 0.531. The first kappa shape index (κ1) is 37.5. The summed E-state index contributed by atoms with van der Waals surface area (Å²) in [5.41, 5.74) is 3.11. The van der Waals surface area contributed by atoms with Gasteiger partial charge in [-0.2, -0.15) is 13.2 Å². The normalized spacial score (nSPS) is 13.8. The minimum Gasteiger partial charge on any atom is -0.475 e. The number of rotatable bonds is 13. The van der Waals surface area contributed by atoms with E-state index in [1.807, 2.05) is 46.4 Å². The number of nitrogens with one attached hydrogen (secondary N) is 1. The van der Waals surface area contributed by atoms with Crippen molar-refractivity contribution in [2.24, 2.45) is 0 Å². The van der Waals surface area contributed by atoms with Crippen molar-refractivity contribution in [2.75, 3.05) is 97.3 Å². The third kappa shape index (κ3) is 14.8. The lowest BCUT2D eigenvalue weighted by molar-refractivity contribution is -0.192. The van der Waals surface area contributed by atoms with Crippen LogP contribution in [0.25, 0.3) is 0 Å². The summed E-state index contributed by atoms with van der Waals surface area (Å²) >= 11 is 0. The van der Waals surface area contributed by atoms with Gasteiger partial charge in [0.1, 0.15) is 0 Å². The van der Waals surface area contributed by atoms with E-state index >= 15 is 0 Å². The third-order valence-corrected chi connectivity index (χ3v) is 7.19. The maximum absolute atomic E-state index is 13.1. The molecule has 0 aromatic heterocycles. The lowest BCUT2D eigenvalue weighted by Crippen LogP contribution is -2.47. The molecule has 2 aromatic carbocycles. The van der Waals surface area contributed by atoms with Crippen LogP contribution in [0.3, 0.4) is 0 Å². The van der Waals surface area contributed by atoms with Crippen molar-refractivity contribution >= 4 is 29.2 Å². The van der Waals surface area contributed by atoms with Gasteiger partial charge in [-0.05, 0) is 84.3 Å². The third-order valence-electron chi connectivity index (χ3n) is 7.19. The first-order valence-electron chi connectivity index (χ1n) is 15.1. The van der Waals surface area contributed by atoms with Gasteiger partial charge in [0, 0.05) is 57.2 Å². The fourth-order valence-corrected chi connectivity index (χ4v) is 4.74. The van der Waals surface area contributed by atoms with Crippen LogP contribution in [0.1, 0.15) is 18.4 Å². The van der Waals surface area contributed by atoms with E-state index in [1.165, 1.54) is 5.56 Å². The summed E-state index contributed by atoms with van der Waals surface area (Å²) in [6.07, 6.45) is -2.35. The van der Waals surface area contributed by atoms with Crippen molar-refractivity contribution in [3.63, 3.8) is 0 Å². The maximum atomic E-state index is 13.1. The standard InChI is InChI=1S/C30H46N6O2.C2HF3O2/c1-32(2)16-9-18-36(19-10-17-33(3)4)30(38)29(37)31-27-13-8-14-28(25-27)35-23-21-34(22-24-35)20-15-26-11-6-5-7-12-26;3-2(4,5)1(6)7/h5-8,11-14,25H,9-10,15-24H2,1-4H3,(H,31,37);(H,6,7). The number of carbonyl (C=O) groups is 3. The van der Waals surface area contributed by atoms with Crippen LogP contribution >= 0.6 is 0 Å². The number of nitrogens with zero attached hydrogens (tertiary/aromatic N) is 5. The molecule has 2 amide bonds. The zero-order valence-corrected chi connectivity index (χ0v) is 26.7. The van der Waals surface area contributed by atoms with Gasteiger partial charge in [0.05, 0.1) is 0 Å². The number of alkyl halides is 3. The lowest BCUT2D eigenvalue weighted by Gasteiger charge is -2.36. The molecule has 1 fully saturated rings. The number of piperazine rings is 1. The van der Waals surface area contributed by atoms with Gasteiger partial charge >= 0.3 is 24.0 Å². The molecule has 1 saturated heterocycles. The van der Waals surface area contributed by atoms with E-state index in [0.717, 1.165) is 70.8 Å². The molecule has 13 heteroatoms. The Morgan fingerprint density at radius 3 is 1.89 bits per heavy atom. The van der Waals surface area contributed by atoms with Crippen LogP contribution in [0, 0.1) is 0 Å². The number of carbonyl (C=O) groups excluding carboxylic acids is 2. The summed E-state index contributed by atoms with van der Waals surface area (Å²) in [5, 5.41) is 9.98. The van der Waals surface area contributed by atoms with Crippen LogP contribution in [0.15, 0.2) is 54.6 Å². The molecule has 0 radical (unpaired) electrons. The Balaban J connectivity index is 0.000000900. The Kier molecular flexibility index (Phi) is 15.8. The number of anilines is 2. The monoisotopic (exact) mass is 636 g/mol.